The molecule has 0 spiro atoms. The Kier molecular flexibility index (Phi) is 6.27. The van der Waals surface area contributed by atoms with E-state index < -0.39 is 11.9 Å². The fourth-order valence-electron chi connectivity index (χ4n) is 2.52. The van der Waals surface area contributed by atoms with E-state index >= 15 is 0 Å². The normalized spacial score (nSPS) is 12.0. The van der Waals surface area contributed by atoms with Crippen molar-refractivity contribution < 1.29 is 9.59 Å². The van der Waals surface area contributed by atoms with Crippen molar-refractivity contribution in [3.05, 3.63) is 68.0 Å². The van der Waals surface area contributed by atoms with Crippen LogP contribution >= 0.6 is 46.1 Å². The molecule has 0 saturated heterocycles. The van der Waals surface area contributed by atoms with Gasteiger partial charge >= 0.3 is 0 Å². The van der Waals surface area contributed by atoms with Gasteiger partial charge in [0.25, 0.3) is 5.91 Å². The van der Waals surface area contributed by atoms with Crippen molar-refractivity contribution in [1.29, 1.82) is 0 Å². The Labute approximate surface area is 175 Å². The van der Waals surface area contributed by atoms with Gasteiger partial charge in [-0.05, 0) is 24.6 Å². The third-order valence-electron chi connectivity index (χ3n) is 3.91. The summed E-state index contributed by atoms with van der Waals surface area (Å²) >= 11 is 19.7. The first-order chi connectivity index (χ1) is 12.9. The summed E-state index contributed by atoms with van der Waals surface area (Å²) in [5.74, 6) is -0.721. The molecule has 4 nitrogen and oxygen atoms in total. The summed E-state index contributed by atoms with van der Waals surface area (Å²) in [6.45, 7) is 2.00. The molecule has 3 aromatic rings. The van der Waals surface area contributed by atoms with E-state index in [4.69, 9.17) is 34.8 Å². The number of carbonyl (C=O) groups is 2. The number of fused-ring (bicyclic) bond motifs is 1. The smallest absolute Gasteiger partial charge is 0.263 e. The van der Waals surface area contributed by atoms with Crippen LogP contribution in [0.1, 0.15) is 22.2 Å². The number of hydrogen-bond acceptors (Lipinski definition) is 3. The van der Waals surface area contributed by atoms with Crippen LogP contribution in [0.3, 0.4) is 0 Å². The first-order valence-corrected chi connectivity index (χ1v) is 10.0. The fourth-order valence-corrected chi connectivity index (χ4v) is 4.81. The maximum atomic E-state index is 12.6. The van der Waals surface area contributed by atoms with E-state index in [2.05, 4.69) is 10.6 Å². The van der Waals surface area contributed by atoms with Gasteiger partial charge in [-0.3, -0.25) is 9.59 Å². The summed E-state index contributed by atoms with van der Waals surface area (Å²) in [5, 5.41) is 7.14. The number of rotatable bonds is 5. The Morgan fingerprint density at radius 2 is 1.81 bits per heavy atom. The average molecular weight is 442 g/mol. The zero-order chi connectivity index (χ0) is 19.6. The van der Waals surface area contributed by atoms with Crippen molar-refractivity contribution in [2.24, 2.45) is 0 Å². The quantitative estimate of drug-likeness (QED) is 0.565. The second-order valence-corrected chi connectivity index (χ2v) is 8.18. The van der Waals surface area contributed by atoms with E-state index in [9.17, 15) is 9.59 Å². The van der Waals surface area contributed by atoms with E-state index in [-0.39, 0.29) is 10.9 Å². The third-order valence-corrected chi connectivity index (χ3v) is 6.05. The third kappa shape index (κ3) is 4.55. The minimum Gasteiger partial charge on any atom is -0.350 e. The number of thiophene rings is 1. The number of hydrogen-bond donors (Lipinski definition) is 2. The molecule has 0 aliphatic carbocycles. The van der Waals surface area contributed by atoms with Crippen molar-refractivity contribution in [2.45, 2.75) is 19.5 Å². The summed E-state index contributed by atoms with van der Waals surface area (Å²) in [5.41, 5.74) is 0.975. The summed E-state index contributed by atoms with van der Waals surface area (Å²) in [6.07, 6.45) is 0. The van der Waals surface area contributed by atoms with Crippen molar-refractivity contribution in [3.63, 3.8) is 0 Å². The molecule has 0 fully saturated rings. The number of benzene rings is 2. The standard InChI is InChI=1S/C19H15Cl3N2O2S/c1-10(18(25)23-9-11-5-3-2-4-6-11)24-19(26)17-16(22)15-13(21)7-12(20)8-14(15)27-17/h2-8,10H,9H2,1H3,(H,23,25)(H,24,26). The predicted molar refractivity (Wildman–Crippen MR) is 112 cm³/mol. The summed E-state index contributed by atoms with van der Waals surface area (Å²) < 4.78 is 0.712. The van der Waals surface area contributed by atoms with Crippen LogP contribution in [0.15, 0.2) is 42.5 Å². The van der Waals surface area contributed by atoms with Crippen molar-refractivity contribution >= 4 is 68.0 Å². The number of halogens is 3. The lowest BCUT2D eigenvalue weighted by atomic mass is 10.2. The zero-order valence-electron chi connectivity index (χ0n) is 14.2. The monoisotopic (exact) mass is 440 g/mol. The van der Waals surface area contributed by atoms with Gasteiger partial charge in [0, 0.05) is 21.7 Å². The molecule has 2 aromatic carbocycles. The van der Waals surface area contributed by atoms with Gasteiger partial charge in [-0.25, -0.2) is 0 Å². The van der Waals surface area contributed by atoms with Gasteiger partial charge in [-0.15, -0.1) is 11.3 Å². The summed E-state index contributed by atoms with van der Waals surface area (Å²) in [7, 11) is 0. The van der Waals surface area contributed by atoms with Crippen LogP contribution in [0.5, 0.6) is 0 Å². The molecule has 2 N–H and O–H groups in total. The fraction of sp³-hybridized carbons (Fsp3) is 0.158. The Balaban J connectivity index is 1.69. The van der Waals surface area contributed by atoms with E-state index in [0.717, 1.165) is 5.56 Å². The molecule has 0 radical (unpaired) electrons. The van der Waals surface area contributed by atoms with E-state index in [1.54, 1.807) is 19.1 Å². The molecular formula is C19H15Cl3N2O2S. The highest BCUT2D eigenvalue weighted by Crippen LogP contribution is 2.41. The van der Waals surface area contributed by atoms with Crippen molar-refractivity contribution in [3.8, 4) is 0 Å². The van der Waals surface area contributed by atoms with Crippen LogP contribution in [0.25, 0.3) is 10.1 Å². The molecule has 0 bridgehead atoms. The van der Waals surface area contributed by atoms with Crippen LogP contribution in [-0.4, -0.2) is 17.9 Å². The molecule has 1 aromatic heterocycles. The average Bonchev–Trinajstić information content (AvgIpc) is 2.97. The zero-order valence-corrected chi connectivity index (χ0v) is 17.3. The molecule has 2 amide bonds. The first kappa shape index (κ1) is 20.0. The summed E-state index contributed by atoms with van der Waals surface area (Å²) in [4.78, 5) is 25.1. The highest BCUT2D eigenvalue weighted by atomic mass is 35.5. The second-order valence-electron chi connectivity index (χ2n) is 5.90. The molecule has 0 aliphatic heterocycles. The lowest BCUT2D eigenvalue weighted by Crippen LogP contribution is -2.44. The van der Waals surface area contributed by atoms with E-state index in [0.29, 0.717) is 31.6 Å². The van der Waals surface area contributed by atoms with E-state index in [1.165, 1.54) is 11.3 Å². The van der Waals surface area contributed by atoms with Crippen LogP contribution in [0, 0.1) is 0 Å². The van der Waals surface area contributed by atoms with Crippen molar-refractivity contribution in [1.82, 2.24) is 10.6 Å². The van der Waals surface area contributed by atoms with Gasteiger partial charge in [0.05, 0.1) is 10.0 Å². The number of amides is 2. The van der Waals surface area contributed by atoms with Crippen LogP contribution in [0.2, 0.25) is 15.1 Å². The Morgan fingerprint density at radius 1 is 1.11 bits per heavy atom. The van der Waals surface area contributed by atoms with Gasteiger partial charge in [-0.2, -0.15) is 0 Å². The number of carbonyl (C=O) groups excluding carboxylic acids is 2. The van der Waals surface area contributed by atoms with Crippen molar-refractivity contribution in [2.75, 3.05) is 0 Å². The molecule has 1 heterocycles. The minimum atomic E-state index is -0.721. The SMILES string of the molecule is CC(NC(=O)c1sc2cc(Cl)cc(Cl)c2c1Cl)C(=O)NCc1ccccc1. The van der Waals surface area contributed by atoms with Gasteiger partial charge < -0.3 is 10.6 Å². The minimum absolute atomic E-state index is 0.256. The Morgan fingerprint density at radius 3 is 2.52 bits per heavy atom. The second kappa shape index (κ2) is 8.48. The highest BCUT2D eigenvalue weighted by molar-refractivity contribution is 7.21. The molecule has 1 unspecified atom stereocenters. The van der Waals surface area contributed by atoms with Gasteiger partial charge in [0.1, 0.15) is 10.9 Å². The molecule has 27 heavy (non-hydrogen) atoms. The lowest BCUT2D eigenvalue weighted by Gasteiger charge is -2.14. The van der Waals surface area contributed by atoms with Crippen LogP contribution in [-0.2, 0) is 11.3 Å². The topological polar surface area (TPSA) is 58.2 Å². The molecular weight excluding hydrogens is 427 g/mol. The van der Waals surface area contributed by atoms with Gasteiger partial charge in [0.2, 0.25) is 5.91 Å². The number of nitrogens with one attached hydrogen (secondary N) is 2. The van der Waals surface area contributed by atoms with Crippen LogP contribution < -0.4 is 10.6 Å². The van der Waals surface area contributed by atoms with Gasteiger partial charge in [0.15, 0.2) is 0 Å². The molecule has 8 heteroatoms. The Hall–Kier alpha value is -1.79. The lowest BCUT2D eigenvalue weighted by molar-refractivity contribution is -0.122. The predicted octanol–water partition coefficient (Wildman–Crippen LogP) is 5.30. The maximum absolute atomic E-state index is 12.6. The Bertz CT molecular complexity index is 1010. The highest BCUT2D eigenvalue weighted by Gasteiger charge is 2.22. The largest absolute Gasteiger partial charge is 0.350 e. The first-order valence-electron chi connectivity index (χ1n) is 8.06. The summed E-state index contributed by atoms with van der Waals surface area (Å²) in [6, 6.07) is 12.1. The molecule has 140 valence electrons. The van der Waals surface area contributed by atoms with Gasteiger partial charge in [-0.1, -0.05) is 65.1 Å². The molecule has 0 saturated carbocycles. The van der Waals surface area contributed by atoms with E-state index in [1.807, 2.05) is 30.3 Å². The molecule has 1 atom stereocenters. The molecule has 3 rings (SSSR count). The maximum Gasteiger partial charge on any atom is 0.263 e. The van der Waals surface area contributed by atoms with Crippen LogP contribution in [0.4, 0.5) is 0 Å². The molecule has 0 aliphatic rings.